The molecule has 0 radical (unpaired) electrons. The number of carbonyl (C=O) groups is 1. The number of carbonyl (C=O) groups excluding carboxylic acids is 1. The third-order valence-corrected chi connectivity index (χ3v) is 4.15. The zero-order valence-corrected chi connectivity index (χ0v) is 12.4. The lowest BCUT2D eigenvalue weighted by molar-refractivity contribution is 0.0786. The van der Waals surface area contributed by atoms with E-state index in [1.54, 1.807) is 31.0 Å². The second kappa shape index (κ2) is 5.25. The minimum absolute atomic E-state index is 0.126. The smallest absolute Gasteiger partial charge is 0.264 e. The summed E-state index contributed by atoms with van der Waals surface area (Å²) >= 11 is 1.28. The van der Waals surface area contributed by atoms with Gasteiger partial charge in [0.15, 0.2) is 5.82 Å². The summed E-state index contributed by atoms with van der Waals surface area (Å²) in [6, 6.07) is 6.29. The summed E-state index contributed by atoms with van der Waals surface area (Å²) in [7, 11) is 1.69. The molecule has 0 bridgehead atoms. The largest absolute Gasteiger partial charge is 0.333 e. The van der Waals surface area contributed by atoms with E-state index in [0.29, 0.717) is 23.1 Å². The fourth-order valence-corrected chi connectivity index (χ4v) is 3.12. The van der Waals surface area contributed by atoms with Gasteiger partial charge >= 0.3 is 0 Å². The van der Waals surface area contributed by atoms with E-state index in [0.717, 1.165) is 10.1 Å². The van der Waals surface area contributed by atoms with Crippen LogP contribution >= 0.6 is 11.3 Å². The number of aromatic amines is 1. The van der Waals surface area contributed by atoms with Gasteiger partial charge in [-0.25, -0.2) is 9.37 Å². The van der Waals surface area contributed by atoms with Crippen molar-refractivity contribution in [3.8, 4) is 0 Å². The van der Waals surface area contributed by atoms with Crippen molar-refractivity contribution in [1.29, 1.82) is 0 Å². The van der Waals surface area contributed by atoms with Gasteiger partial charge in [-0.1, -0.05) is 6.07 Å². The van der Waals surface area contributed by atoms with Crippen molar-refractivity contribution in [2.75, 3.05) is 7.05 Å². The van der Waals surface area contributed by atoms with Gasteiger partial charge in [0.2, 0.25) is 0 Å². The highest BCUT2D eigenvalue weighted by molar-refractivity contribution is 7.20. The second-order valence-corrected chi connectivity index (χ2v) is 5.87. The van der Waals surface area contributed by atoms with E-state index in [4.69, 9.17) is 0 Å². The van der Waals surface area contributed by atoms with Crippen LogP contribution in [0, 0.1) is 12.7 Å². The molecule has 2 heterocycles. The molecule has 0 saturated carbocycles. The Kier molecular flexibility index (Phi) is 3.42. The quantitative estimate of drug-likeness (QED) is 0.809. The maximum absolute atomic E-state index is 13.2. The first-order valence-corrected chi connectivity index (χ1v) is 7.17. The normalized spacial score (nSPS) is 11.0. The average Bonchev–Trinajstić information content (AvgIpc) is 3.03. The molecule has 0 aliphatic carbocycles. The Labute approximate surface area is 124 Å². The molecule has 7 heteroatoms. The molecule has 108 valence electrons. The lowest BCUT2D eigenvalue weighted by atomic mass is 10.2. The fraction of sp³-hybridized carbons (Fsp3) is 0.214. The SMILES string of the molecule is Cc1nc(CN(C)C(=O)c2cc3ccc(F)cc3s2)n[nH]1. The summed E-state index contributed by atoms with van der Waals surface area (Å²) in [4.78, 5) is 18.7. The molecule has 0 aliphatic heterocycles. The number of amides is 1. The van der Waals surface area contributed by atoms with Gasteiger partial charge in [0, 0.05) is 11.7 Å². The van der Waals surface area contributed by atoms with Crippen molar-refractivity contribution >= 4 is 27.3 Å². The minimum Gasteiger partial charge on any atom is -0.333 e. The molecule has 3 aromatic rings. The van der Waals surface area contributed by atoms with Crippen molar-refractivity contribution in [1.82, 2.24) is 20.1 Å². The summed E-state index contributed by atoms with van der Waals surface area (Å²) in [6.45, 7) is 2.13. The van der Waals surface area contributed by atoms with Gasteiger partial charge in [-0.15, -0.1) is 11.3 Å². The molecule has 1 N–H and O–H groups in total. The third kappa shape index (κ3) is 2.78. The Hall–Kier alpha value is -2.28. The van der Waals surface area contributed by atoms with Crippen molar-refractivity contribution in [2.45, 2.75) is 13.5 Å². The summed E-state index contributed by atoms with van der Waals surface area (Å²) in [5.74, 6) is 0.852. The van der Waals surface area contributed by atoms with Crippen molar-refractivity contribution in [3.63, 3.8) is 0 Å². The van der Waals surface area contributed by atoms with Crippen LogP contribution in [0.4, 0.5) is 4.39 Å². The van der Waals surface area contributed by atoms with Gasteiger partial charge in [-0.2, -0.15) is 5.10 Å². The number of aromatic nitrogens is 3. The van der Waals surface area contributed by atoms with E-state index >= 15 is 0 Å². The van der Waals surface area contributed by atoms with Gasteiger partial charge in [-0.05, 0) is 30.5 Å². The molecule has 2 aromatic heterocycles. The summed E-state index contributed by atoms with van der Waals surface area (Å²) in [5.41, 5.74) is 0. The highest BCUT2D eigenvalue weighted by Gasteiger charge is 2.16. The Morgan fingerprint density at radius 1 is 1.43 bits per heavy atom. The van der Waals surface area contributed by atoms with E-state index in [1.165, 1.54) is 23.5 Å². The van der Waals surface area contributed by atoms with E-state index in [1.807, 2.05) is 0 Å². The minimum atomic E-state index is -0.298. The Morgan fingerprint density at radius 3 is 2.95 bits per heavy atom. The van der Waals surface area contributed by atoms with Gasteiger partial charge in [-0.3, -0.25) is 9.89 Å². The maximum atomic E-state index is 13.2. The highest BCUT2D eigenvalue weighted by Crippen LogP contribution is 2.27. The van der Waals surface area contributed by atoms with Crippen LogP contribution in [0.2, 0.25) is 0 Å². The molecule has 5 nitrogen and oxygen atoms in total. The number of fused-ring (bicyclic) bond motifs is 1. The van der Waals surface area contributed by atoms with Crippen LogP contribution in [0.1, 0.15) is 21.3 Å². The van der Waals surface area contributed by atoms with Crippen LogP contribution in [0.15, 0.2) is 24.3 Å². The number of nitrogens with zero attached hydrogens (tertiary/aromatic N) is 3. The zero-order chi connectivity index (χ0) is 15.0. The molecule has 21 heavy (non-hydrogen) atoms. The molecule has 0 saturated heterocycles. The number of halogens is 1. The number of rotatable bonds is 3. The number of nitrogens with one attached hydrogen (secondary N) is 1. The first-order chi connectivity index (χ1) is 10.0. The maximum Gasteiger partial charge on any atom is 0.264 e. The molecular weight excluding hydrogens is 291 g/mol. The average molecular weight is 304 g/mol. The molecule has 0 fully saturated rings. The Bertz CT molecular complexity index is 810. The Balaban J connectivity index is 1.82. The van der Waals surface area contributed by atoms with E-state index in [2.05, 4.69) is 15.2 Å². The number of H-pyrrole nitrogens is 1. The molecule has 3 rings (SSSR count). The summed E-state index contributed by atoms with van der Waals surface area (Å²) < 4.78 is 14.0. The number of thiophene rings is 1. The molecule has 0 atom stereocenters. The van der Waals surface area contributed by atoms with Crippen molar-refractivity contribution < 1.29 is 9.18 Å². The summed E-state index contributed by atoms with van der Waals surface area (Å²) in [6.07, 6.45) is 0. The Morgan fingerprint density at radius 2 is 2.24 bits per heavy atom. The van der Waals surface area contributed by atoms with E-state index < -0.39 is 0 Å². The summed E-state index contributed by atoms with van der Waals surface area (Å²) in [5, 5.41) is 7.62. The van der Waals surface area contributed by atoms with Crippen LogP contribution in [-0.2, 0) is 6.54 Å². The number of benzene rings is 1. The van der Waals surface area contributed by atoms with Crippen LogP contribution in [0.25, 0.3) is 10.1 Å². The zero-order valence-electron chi connectivity index (χ0n) is 11.6. The molecule has 0 aliphatic rings. The molecular formula is C14H13FN4OS. The number of hydrogen-bond donors (Lipinski definition) is 1. The van der Waals surface area contributed by atoms with Crippen LogP contribution in [0.3, 0.4) is 0 Å². The molecule has 0 unspecified atom stereocenters. The molecule has 0 spiro atoms. The van der Waals surface area contributed by atoms with Gasteiger partial charge < -0.3 is 4.90 Å². The van der Waals surface area contributed by atoms with Crippen LogP contribution in [-0.4, -0.2) is 33.0 Å². The topological polar surface area (TPSA) is 61.9 Å². The second-order valence-electron chi connectivity index (χ2n) is 4.79. The number of aryl methyl sites for hydroxylation is 1. The fourth-order valence-electron chi connectivity index (χ4n) is 2.04. The van der Waals surface area contributed by atoms with Gasteiger partial charge in [0.1, 0.15) is 11.6 Å². The number of hydrogen-bond acceptors (Lipinski definition) is 4. The lowest BCUT2D eigenvalue weighted by Gasteiger charge is -2.13. The third-order valence-electron chi connectivity index (χ3n) is 3.06. The van der Waals surface area contributed by atoms with E-state index in [-0.39, 0.29) is 11.7 Å². The lowest BCUT2D eigenvalue weighted by Crippen LogP contribution is -2.25. The first-order valence-electron chi connectivity index (χ1n) is 6.35. The van der Waals surface area contributed by atoms with Crippen molar-refractivity contribution in [2.24, 2.45) is 0 Å². The predicted octanol–water partition coefficient (Wildman–Crippen LogP) is 2.74. The van der Waals surface area contributed by atoms with Gasteiger partial charge in [0.25, 0.3) is 5.91 Å². The monoisotopic (exact) mass is 304 g/mol. The van der Waals surface area contributed by atoms with E-state index in [9.17, 15) is 9.18 Å². The standard InChI is InChI=1S/C14H13FN4OS/c1-8-16-13(18-17-8)7-19(2)14(20)12-5-9-3-4-10(15)6-11(9)21-12/h3-6H,7H2,1-2H3,(H,16,17,18). The first kappa shape index (κ1) is 13.7. The predicted molar refractivity (Wildman–Crippen MR) is 78.7 cm³/mol. The molecule has 1 aromatic carbocycles. The van der Waals surface area contributed by atoms with Crippen molar-refractivity contribution in [3.05, 3.63) is 46.6 Å². The van der Waals surface area contributed by atoms with Gasteiger partial charge in [0.05, 0.1) is 11.4 Å². The molecule has 1 amide bonds. The highest BCUT2D eigenvalue weighted by atomic mass is 32.1. The van der Waals surface area contributed by atoms with Crippen LogP contribution < -0.4 is 0 Å². The van der Waals surface area contributed by atoms with Crippen LogP contribution in [0.5, 0.6) is 0 Å².